The fraction of sp³-hybridized carbons (Fsp3) is 0. The molecule has 89 valence electrons. The monoisotopic (exact) mass is 409 g/mol. The van der Waals surface area contributed by atoms with Crippen LogP contribution in [0.5, 0.6) is 0 Å². The molecule has 0 aliphatic heterocycles. The average molecular weight is 409 g/mol. The molecule has 5 heteroatoms. The molecule has 0 saturated heterocycles. The predicted octanol–water partition coefficient (Wildman–Crippen LogP) is 1.77. The van der Waals surface area contributed by atoms with Gasteiger partial charge in [-0.15, -0.1) is 0 Å². The second-order valence-electron chi connectivity index (χ2n) is 3.18. The Labute approximate surface area is 114 Å². The summed E-state index contributed by atoms with van der Waals surface area (Å²) in [4.78, 5) is 29.4. The Morgan fingerprint density at radius 3 is 1.59 bits per heavy atom. The van der Waals surface area contributed by atoms with Gasteiger partial charge in [-0.25, -0.2) is 0 Å². The minimum Gasteiger partial charge on any atom is -0.298 e. The minimum atomic E-state index is 0. The van der Waals surface area contributed by atoms with Gasteiger partial charge < -0.3 is 0 Å². The van der Waals surface area contributed by atoms with Crippen LogP contribution in [-0.2, 0) is 22.4 Å². The predicted molar refractivity (Wildman–Crippen MR) is 58.2 cm³/mol. The van der Waals surface area contributed by atoms with E-state index in [1.54, 1.807) is 24.3 Å². The summed E-state index contributed by atoms with van der Waals surface area (Å²) in [5, 5.41) is 0. The van der Waals surface area contributed by atoms with Gasteiger partial charge in [0.1, 0.15) is 12.6 Å². The maximum absolute atomic E-state index is 10.6. The molecule has 0 spiro atoms. The van der Waals surface area contributed by atoms with Gasteiger partial charge in [-0.2, -0.15) is 0 Å². The number of carbonyl (C=O) groups excluding carboxylic acids is 2. The first kappa shape index (κ1) is 13.4. The zero-order valence-electron chi connectivity index (χ0n) is 8.63. The van der Waals surface area contributed by atoms with Gasteiger partial charge in [-0.05, 0) is 24.3 Å². The van der Waals surface area contributed by atoms with Crippen LogP contribution < -0.4 is 0 Å². The standard InChI is InChI=1S/C12H8N2O2.Au/c15-7-9-1-3-13-11(5-9)12-6-10(8-16)2-4-14-12;/h1-8H;. The molecule has 0 saturated carbocycles. The van der Waals surface area contributed by atoms with Gasteiger partial charge >= 0.3 is 0 Å². The summed E-state index contributed by atoms with van der Waals surface area (Å²) >= 11 is 0. The van der Waals surface area contributed by atoms with E-state index in [1.807, 2.05) is 0 Å². The first-order chi connectivity index (χ1) is 7.83. The molecule has 0 bridgehead atoms. The normalized spacial score (nSPS) is 9.18. The Hall–Kier alpha value is -1.62. The zero-order valence-corrected chi connectivity index (χ0v) is 10.8. The number of aromatic nitrogens is 2. The maximum atomic E-state index is 10.6. The summed E-state index contributed by atoms with van der Waals surface area (Å²) < 4.78 is 0. The smallest absolute Gasteiger partial charge is 0.150 e. The van der Waals surface area contributed by atoms with E-state index in [2.05, 4.69) is 9.97 Å². The Kier molecular flexibility index (Phi) is 4.90. The summed E-state index contributed by atoms with van der Waals surface area (Å²) in [6, 6.07) is 6.48. The molecule has 0 atom stereocenters. The molecule has 2 rings (SSSR count). The first-order valence-corrected chi connectivity index (χ1v) is 4.66. The van der Waals surface area contributed by atoms with Crippen molar-refractivity contribution in [2.24, 2.45) is 0 Å². The maximum Gasteiger partial charge on any atom is 0.150 e. The van der Waals surface area contributed by atoms with Crippen molar-refractivity contribution < 1.29 is 32.0 Å². The van der Waals surface area contributed by atoms with Crippen LogP contribution in [0.3, 0.4) is 0 Å². The van der Waals surface area contributed by atoms with E-state index in [4.69, 9.17) is 0 Å². The van der Waals surface area contributed by atoms with Crippen molar-refractivity contribution in [3.63, 3.8) is 0 Å². The van der Waals surface area contributed by atoms with Crippen molar-refractivity contribution in [3.05, 3.63) is 47.8 Å². The molecule has 0 N–H and O–H groups in total. The van der Waals surface area contributed by atoms with Crippen LogP contribution in [0.1, 0.15) is 20.7 Å². The largest absolute Gasteiger partial charge is 0.298 e. The van der Waals surface area contributed by atoms with E-state index in [0.717, 1.165) is 12.6 Å². The number of rotatable bonds is 3. The van der Waals surface area contributed by atoms with E-state index in [9.17, 15) is 9.59 Å². The van der Waals surface area contributed by atoms with Crippen molar-refractivity contribution >= 4 is 12.6 Å². The van der Waals surface area contributed by atoms with E-state index in [1.165, 1.54) is 12.4 Å². The van der Waals surface area contributed by atoms with E-state index in [-0.39, 0.29) is 22.4 Å². The van der Waals surface area contributed by atoms with E-state index < -0.39 is 0 Å². The third kappa shape index (κ3) is 3.17. The van der Waals surface area contributed by atoms with Crippen molar-refractivity contribution in [2.45, 2.75) is 0 Å². The molecule has 0 aliphatic rings. The summed E-state index contributed by atoms with van der Waals surface area (Å²) in [6.07, 6.45) is 4.56. The number of pyridine rings is 2. The number of hydrogen-bond acceptors (Lipinski definition) is 4. The molecule has 0 aromatic carbocycles. The van der Waals surface area contributed by atoms with Gasteiger partial charge in [0.2, 0.25) is 0 Å². The van der Waals surface area contributed by atoms with Crippen LogP contribution in [0.15, 0.2) is 36.7 Å². The van der Waals surface area contributed by atoms with Gasteiger partial charge in [0.25, 0.3) is 0 Å². The van der Waals surface area contributed by atoms with Crippen molar-refractivity contribution in [2.75, 3.05) is 0 Å². The van der Waals surface area contributed by atoms with Gasteiger partial charge in [-0.1, -0.05) is 0 Å². The summed E-state index contributed by atoms with van der Waals surface area (Å²) in [6.45, 7) is 0. The van der Waals surface area contributed by atoms with Crippen molar-refractivity contribution in [1.82, 2.24) is 9.97 Å². The second kappa shape index (κ2) is 6.20. The van der Waals surface area contributed by atoms with E-state index >= 15 is 0 Å². The van der Waals surface area contributed by atoms with Crippen LogP contribution in [0.25, 0.3) is 11.4 Å². The topological polar surface area (TPSA) is 59.9 Å². The molecule has 2 aromatic heterocycles. The molecular weight excluding hydrogens is 401 g/mol. The van der Waals surface area contributed by atoms with Crippen LogP contribution in [0.4, 0.5) is 0 Å². The fourth-order valence-corrected chi connectivity index (χ4v) is 1.32. The van der Waals surface area contributed by atoms with Crippen LogP contribution in [0, 0.1) is 0 Å². The molecule has 0 amide bonds. The minimum absolute atomic E-state index is 0. The quantitative estimate of drug-likeness (QED) is 0.573. The fourth-order valence-electron chi connectivity index (χ4n) is 1.32. The SMILES string of the molecule is O=Cc1ccnc(-c2cc(C=O)ccn2)c1.[Au]. The van der Waals surface area contributed by atoms with Crippen LogP contribution in [0.2, 0.25) is 0 Å². The first-order valence-electron chi connectivity index (χ1n) is 4.66. The van der Waals surface area contributed by atoms with E-state index in [0.29, 0.717) is 22.5 Å². The number of aldehydes is 2. The van der Waals surface area contributed by atoms with Crippen LogP contribution >= 0.6 is 0 Å². The molecule has 2 aromatic rings. The summed E-state index contributed by atoms with van der Waals surface area (Å²) in [7, 11) is 0. The van der Waals surface area contributed by atoms with Gasteiger partial charge in [0.05, 0.1) is 11.4 Å². The molecule has 0 aliphatic carbocycles. The van der Waals surface area contributed by atoms with Gasteiger partial charge in [0.15, 0.2) is 0 Å². The Morgan fingerprint density at radius 1 is 0.824 bits per heavy atom. The molecule has 2 heterocycles. The molecule has 0 unspecified atom stereocenters. The Balaban J connectivity index is 0.00000144. The third-order valence-electron chi connectivity index (χ3n) is 2.10. The van der Waals surface area contributed by atoms with Gasteiger partial charge in [-0.3, -0.25) is 19.6 Å². The molecule has 4 nitrogen and oxygen atoms in total. The Morgan fingerprint density at radius 2 is 1.24 bits per heavy atom. The zero-order chi connectivity index (χ0) is 11.4. The van der Waals surface area contributed by atoms with Crippen molar-refractivity contribution in [3.8, 4) is 11.4 Å². The number of hydrogen-bond donors (Lipinski definition) is 0. The van der Waals surface area contributed by atoms with Crippen molar-refractivity contribution in [1.29, 1.82) is 0 Å². The molecular formula is C12H8AuN2O2. The second-order valence-corrected chi connectivity index (χ2v) is 3.18. The van der Waals surface area contributed by atoms with Gasteiger partial charge in [0, 0.05) is 45.9 Å². The summed E-state index contributed by atoms with van der Waals surface area (Å²) in [5.74, 6) is 0. The summed E-state index contributed by atoms with van der Waals surface area (Å²) in [5.41, 5.74) is 2.22. The Bertz CT molecular complexity index is 494. The molecule has 0 fully saturated rings. The van der Waals surface area contributed by atoms with Crippen LogP contribution in [-0.4, -0.2) is 22.5 Å². The number of carbonyl (C=O) groups is 2. The molecule has 1 radical (unpaired) electrons. The molecule has 17 heavy (non-hydrogen) atoms. The average Bonchev–Trinajstić information content (AvgIpc) is 2.39. The third-order valence-corrected chi connectivity index (χ3v) is 2.10. The number of nitrogens with zero attached hydrogens (tertiary/aromatic N) is 2.